The summed E-state index contributed by atoms with van der Waals surface area (Å²) in [6.07, 6.45) is 9.48. The number of aliphatic imine (C=N–C) groups is 1. The highest BCUT2D eigenvalue weighted by atomic mass is 15.3. The van der Waals surface area contributed by atoms with Crippen LogP contribution in [-0.4, -0.2) is 58.3 Å². The van der Waals surface area contributed by atoms with Crippen molar-refractivity contribution in [3.8, 4) is 5.82 Å². The van der Waals surface area contributed by atoms with Gasteiger partial charge in [-0.05, 0) is 56.6 Å². The van der Waals surface area contributed by atoms with E-state index < -0.39 is 0 Å². The van der Waals surface area contributed by atoms with Gasteiger partial charge in [0.1, 0.15) is 0 Å². The van der Waals surface area contributed by atoms with Crippen LogP contribution in [0.2, 0.25) is 0 Å². The predicted octanol–water partition coefficient (Wildman–Crippen LogP) is 1.81. The van der Waals surface area contributed by atoms with Crippen molar-refractivity contribution in [2.75, 3.05) is 32.7 Å². The molecule has 7 nitrogen and oxygen atoms in total. The second-order valence-electron chi connectivity index (χ2n) is 6.50. The predicted molar refractivity (Wildman–Crippen MR) is 104 cm³/mol. The lowest BCUT2D eigenvalue weighted by Crippen LogP contribution is -2.42. The minimum Gasteiger partial charge on any atom is -0.357 e. The number of aromatic nitrogens is 3. The summed E-state index contributed by atoms with van der Waals surface area (Å²) >= 11 is 0. The highest BCUT2D eigenvalue weighted by Crippen LogP contribution is 2.08. The molecule has 1 saturated heterocycles. The van der Waals surface area contributed by atoms with Gasteiger partial charge in [0, 0.05) is 38.2 Å². The minimum atomic E-state index is 0.607. The Bertz CT molecular complexity index is 675. The molecule has 0 radical (unpaired) electrons. The maximum absolute atomic E-state index is 4.71. The molecule has 26 heavy (non-hydrogen) atoms. The Hall–Kier alpha value is -2.41. The number of nitrogens with one attached hydrogen (secondary N) is 2. The number of likely N-dealkylation sites (tertiary alicyclic amines) is 1. The van der Waals surface area contributed by atoms with Gasteiger partial charge >= 0.3 is 0 Å². The lowest BCUT2D eigenvalue weighted by Gasteiger charge is -2.26. The Labute approximate surface area is 155 Å². The fraction of sp³-hybridized carbons (Fsp3) is 0.526. The zero-order valence-electron chi connectivity index (χ0n) is 15.6. The van der Waals surface area contributed by atoms with Gasteiger partial charge in [-0.1, -0.05) is 6.42 Å². The Morgan fingerprint density at radius 2 is 2.08 bits per heavy atom. The van der Waals surface area contributed by atoms with Crippen LogP contribution in [0.4, 0.5) is 0 Å². The number of pyridine rings is 1. The van der Waals surface area contributed by atoms with Gasteiger partial charge in [-0.15, -0.1) is 0 Å². The number of nitrogens with zero attached hydrogens (tertiary/aromatic N) is 5. The van der Waals surface area contributed by atoms with Crippen LogP contribution in [0.5, 0.6) is 0 Å². The summed E-state index contributed by atoms with van der Waals surface area (Å²) in [4.78, 5) is 11.6. The van der Waals surface area contributed by atoms with Crippen LogP contribution in [0.25, 0.3) is 5.82 Å². The van der Waals surface area contributed by atoms with Crippen molar-refractivity contribution in [3.05, 3.63) is 42.4 Å². The van der Waals surface area contributed by atoms with Crippen molar-refractivity contribution in [1.29, 1.82) is 0 Å². The maximum atomic E-state index is 4.71. The summed E-state index contributed by atoms with van der Waals surface area (Å²) in [5.41, 5.74) is 1.11. The molecule has 0 amide bonds. The molecular weight excluding hydrogens is 326 g/mol. The lowest BCUT2D eigenvalue weighted by atomic mass is 10.1. The van der Waals surface area contributed by atoms with Crippen LogP contribution in [0.1, 0.15) is 31.7 Å². The molecule has 0 atom stereocenters. The minimum absolute atomic E-state index is 0.607. The van der Waals surface area contributed by atoms with E-state index in [1.54, 1.807) is 17.1 Å². The molecule has 1 aliphatic rings. The SMILES string of the molecule is CCNC(=NCc1ccnc(-n2cccn2)c1)NCCN1CCCCC1. The second-order valence-corrected chi connectivity index (χ2v) is 6.50. The highest BCUT2D eigenvalue weighted by Gasteiger charge is 2.09. The number of rotatable bonds is 7. The Balaban J connectivity index is 1.54. The molecule has 0 saturated carbocycles. The first-order chi connectivity index (χ1) is 12.8. The normalized spacial score (nSPS) is 15.8. The van der Waals surface area contributed by atoms with E-state index in [2.05, 4.69) is 32.5 Å². The highest BCUT2D eigenvalue weighted by molar-refractivity contribution is 5.79. The largest absolute Gasteiger partial charge is 0.357 e. The fourth-order valence-corrected chi connectivity index (χ4v) is 3.12. The fourth-order valence-electron chi connectivity index (χ4n) is 3.12. The number of guanidine groups is 1. The summed E-state index contributed by atoms with van der Waals surface area (Å²) in [5.74, 6) is 1.67. The van der Waals surface area contributed by atoms with Gasteiger partial charge in [-0.25, -0.2) is 14.7 Å². The number of piperidine rings is 1. The number of hydrogen-bond donors (Lipinski definition) is 2. The van der Waals surface area contributed by atoms with E-state index in [1.165, 1.54) is 32.4 Å². The molecule has 2 aromatic rings. The first kappa shape index (κ1) is 18.4. The van der Waals surface area contributed by atoms with Gasteiger partial charge in [-0.3, -0.25) is 0 Å². The van der Waals surface area contributed by atoms with Crippen molar-refractivity contribution in [3.63, 3.8) is 0 Å². The maximum Gasteiger partial charge on any atom is 0.191 e. The van der Waals surface area contributed by atoms with Crippen LogP contribution in [0.3, 0.4) is 0 Å². The van der Waals surface area contributed by atoms with E-state index in [4.69, 9.17) is 4.99 Å². The average Bonchev–Trinajstić information content (AvgIpc) is 3.22. The molecule has 0 spiro atoms. The lowest BCUT2D eigenvalue weighted by molar-refractivity contribution is 0.232. The summed E-state index contributed by atoms with van der Waals surface area (Å²) in [6.45, 7) is 7.99. The van der Waals surface area contributed by atoms with E-state index in [0.29, 0.717) is 6.54 Å². The van der Waals surface area contributed by atoms with Gasteiger partial charge < -0.3 is 15.5 Å². The van der Waals surface area contributed by atoms with Gasteiger partial charge in [0.15, 0.2) is 11.8 Å². The molecule has 0 aliphatic carbocycles. The van der Waals surface area contributed by atoms with Crippen molar-refractivity contribution >= 4 is 5.96 Å². The zero-order chi connectivity index (χ0) is 18.0. The quantitative estimate of drug-likeness (QED) is 0.585. The second kappa shape index (κ2) is 9.91. The zero-order valence-corrected chi connectivity index (χ0v) is 15.6. The molecular formula is C19H29N7. The van der Waals surface area contributed by atoms with E-state index in [0.717, 1.165) is 37.0 Å². The van der Waals surface area contributed by atoms with Crippen LogP contribution in [0.15, 0.2) is 41.8 Å². The number of hydrogen-bond acceptors (Lipinski definition) is 4. The van der Waals surface area contributed by atoms with E-state index >= 15 is 0 Å². The summed E-state index contributed by atoms with van der Waals surface area (Å²) in [6, 6.07) is 5.91. The van der Waals surface area contributed by atoms with E-state index in [9.17, 15) is 0 Å². The molecule has 0 unspecified atom stereocenters. The molecule has 1 fully saturated rings. The monoisotopic (exact) mass is 355 g/mol. The third kappa shape index (κ3) is 5.56. The van der Waals surface area contributed by atoms with Gasteiger partial charge in [-0.2, -0.15) is 5.10 Å². The molecule has 140 valence electrons. The topological polar surface area (TPSA) is 70.4 Å². The Morgan fingerprint density at radius 3 is 2.85 bits per heavy atom. The third-order valence-electron chi connectivity index (χ3n) is 4.48. The summed E-state index contributed by atoms with van der Waals surface area (Å²) in [7, 11) is 0. The van der Waals surface area contributed by atoms with Crippen LogP contribution < -0.4 is 10.6 Å². The Morgan fingerprint density at radius 1 is 1.19 bits per heavy atom. The van der Waals surface area contributed by atoms with Gasteiger partial charge in [0.2, 0.25) is 0 Å². The molecule has 7 heteroatoms. The van der Waals surface area contributed by atoms with Crippen LogP contribution in [-0.2, 0) is 6.54 Å². The smallest absolute Gasteiger partial charge is 0.191 e. The van der Waals surface area contributed by atoms with Crippen molar-refractivity contribution in [1.82, 2.24) is 30.3 Å². The van der Waals surface area contributed by atoms with Crippen molar-refractivity contribution in [2.45, 2.75) is 32.7 Å². The standard InChI is InChI=1S/C19H29N7/c1-2-20-19(22-10-14-25-11-4-3-5-12-25)23-16-17-7-9-21-18(15-17)26-13-6-8-24-26/h6-9,13,15H,2-5,10-12,14,16H2,1H3,(H2,20,22,23). The average molecular weight is 355 g/mol. The molecule has 0 bridgehead atoms. The van der Waals surface area contributed by atoms with Gasteiger partial charge in [0.05, 0.1) is 6.54 Å². The molecule has 2 N–H and O–H groups in total. The first-order valence-electron chi connectivity index (χ1n) is 9.54. The van der Waals surface area contributed by atoms with Crippen LogP contribution >= 0.6 is 0 Å². The molecule has 0 aromatic carbocycles. The summed E-state index contributed by atoms with van der Waals surface area (Å²) < 4.78 is 1.76. The Kier molecular flexibility index (Phi) is 7.01. The first-order valence-corrected chi connectivity index (χ1v) is 9.54. The van der Waals surface area contributed by atoms with Crippen LogP contribution in [0, 0.1) is 0 Å². The molecule has 2 aromatic heterocycles. The van der Waals surface area contributed by atoms with E-state index in [1.807, 2.05) is 24.4 Å². The van der Waals surface area contributed by atoms with Crippen molar-refractivity contribution in [2.24, 2.45) is 4.99 Å². The van der Waals surface area contributed by atoms with E-state index in [-0.39, 0.29) is 0 Å². The third-order valence-corrected chi connectivity index (χ3v) is 4.48. The molecule has 1 aliphatic heterocycles. The molecule has 3 rings (SSSR count). The van der Waals surface area contributed by atoms with Crippen molar-refractivity contribution < 1.29 is 0 Å². The molecule has 3 heterocycles. The van der Waals surface area contributed by atoms with Gasteiger partial charge in [0.25, 0.3) is 0 Å². The summed E-state index contributed by atoms with van der Waals surface area (Å²) in [5, 5.41) is 11.0.